The molecule has 1 fully saturated rings. The molecule has 1 heterocycles. The lowest BCUT2D eigenvalue weighted by molar-refractivity contribution is 0.175. The SMILES string of the molecule is CCN1CCC[C@H](NC(=O)N(C)Cc2cccc(SC)c2)C1. The number of nitrogens with zero attached hydrogens (tertiary/aromatic N) is 2. The number of piperidine rings is 1. The van der Waals surface area contributed by atoms with Crippen LogP contribution in [-0.4, -0.2) is 54.8 Å². The number of amides is 2. The van der Waals surface area contributed by atoms with Crippen LogP contribution < -0.4 is 5.32 Å². The van der Waals surface area contributed by atoms with E-state index in [1.54, 1.807) is 16.7 Å². The minimum atomic E-state index is 0.0255. The number of rotatable bonds is 5. The Bertz CT molecular complexity index is 495. The van der Waals surface area contributed by atoms with E-state index in [9.17, 15) is 4.79 Å². The van der Waals surface area contributed by atoms with Crippen LogP contribution >= 0.6 is 11.8 Å². The van der Waals surface area contributed by atoms with E-state index in [1.165, 1.54) is 10.5 Å². The van der Waals surface area contributed by atoms with Crippen LogP contribution in [0.1, 0.15) is 25.3 Å². The number of thioether (sulfide) groups is 1. The van der Waals surface area contributed by atoms with Gasteiger partial charge in [0, 0.05) is 31.1 Å². The summed E-state index contributed by atoms with van der Waals surface area (Å²) >= 11 is 1.73. The summed E-state index contributed by atoms with van der Waals surface area (Å²) < 4.78 is 0. The van der Waals surface area contributed by atoms with Gasteiger partial charge >= 0.3 is 6.03 Å². The Labute approximate surface area is 138 Å². The predicted octanol–water partition coefficient (Wildman–Crippen LogP) is 3.03. The molecule has 1 saturated heterocycles. The van der Waals surface area contributed by atoms with E-state index >= 15 is 0 Å². The molecule has 0 aliphatic carbocycles. The molecule has 1 aliphatic rings. The standard InChI is InChI=1S/C17H27N3OS/c1-4-20-10-6-8-15(13-20)18-17(21)19(2)12-14-7-5-9-16(11-14)22-3/h5,7,9,11,15H,4,6,8,10,12-13H2,1-3H3,(H,18,21)/t15-/m0/s1. The molecule has 1 aromatic carbocycles. The van der Waals surface area contributed by atoms with Gasteiger partial charge in [0.25, 0.3) is 0 Å². The van der Waals surface area contributed by atoms with E-state index in [1.807, 2.05) is 13.1 Å². The number of benzene rings is 1. The summed E-state index contributed by atoms with van der Waals surface area (Å²) in [5, 5.41) is 3.17. The largest absolute Gasteiger partial charge is 0.334 e. The highest BCUT2D eigenvalue weighted by Crippen LogP contribution is 2.17. The third-order valence-electron chi connectivity index (χ3n) is 4.18. The van der Waals surface area contributed by atoms with E-state index in [4.69, 9.17) is 0 Å². The van der Waals surface area contributed by atoms with Crippen molar-refractivity contribution in [2.45, 2.75) is 37.2 Å². The van der Waals surface area contributed by atoms with Crippen molar-refractivity contribution < 1.29 is 4.79 Å². The van der Waals surface area contributed by atoms with E-state index in [2.05, 4.69) is 41.6 Å². The van der Waals surface area contributed by atoms with Gasteiger partial charge in [-0.05, 0) is 49.9 Å². The number of urea groups is 1. The number of nitrogens with one attached hydrogen (secondary N) is 1. The van der Waals surface area contributed by atoms with Crippen LogP contribution in [0.5, 0.6) is 0 Å². The maximum Gasteiger partial charge on any atom is 0.317 e. The number of hydrogen-bond donors (Lipinski definition) is 1. The maximum atomic E-state index is 12.4. The molecule has 0 saturated carbocycles. The van der Waals surface area contributed by atoms with Crippen molar-refractivity contribution in [3.05, 3.63) is 29.8 Å². The second-order valence-electron chi connectivity index (χ2n) is 5.89. The molecule has 0 spiro atoms. The Morgan fingerprint density at radius 3 is 3.05 bits per heavy atom. The Kier molecular flexibility index (Phi) is 6.58. The molecule has 2 rings (SSSR count). The highest BCUT2D eigenvalue weighted by atomic mass is 32.2. The van der Waals surface area contributed by atoms with Gasteiger partial charge in [-0.15, -0.1) is 11.8 Å². The van der Waals surface area contributed by atoms with Crippen molar-refractivity contribution in [1.29, 1.82) is 0 Å². The third kappa shape index (κ3) is 4.92. The van der Waals surface area contributed by atoms with Crippen molar-refractivity contribution in [3.8, 4) is 0 Å². The molecule has 1 aromatic rings. The Hall–Kier alpha value is -1.20. The zero-order chi connectivity index (χ0) is 15.9. The van der Waals surface area contributed by atoms with Crippen molar-refractivity contribution >= 4 is 17.8 Å². The quantitative estimate of drug-likeness (QED) is 0.847. The van der Waals surface area contributed by atoms with E-state index < -0.39 is 0 Å². The molecule has 122 valence electrons. The molecular formula is C17H27N3OS. The van der Waals surface area contributed by atoms with Gasteiger partial charge < -0.3 is 15.1 Å². The smallest absolute Gasteiger partial charge is 0.317 e. The molecule has 0 radical (unpaired) electrons. The molecule has 0 unspecified atom stereocenters. The lowest BCUT2D eigenvalue weighted by Gasteiger charge is -2.33. The lowest BCUT2D eigenvalue weighted by atomic mass is 10.1. The highest BCUT2D eigenvalue weighted by Gasteiger charge is 2.21. The van der Waals surface area contributed by atoms with Gasteiger partial charge in [-0.1, -0.05) is 19.1 Å². The molecule has 22 heavy (non-hydrogen) atoms. The van der Waals surface area contributed by atoms with Crippen LogP contribution in [0.3, 0.4) is 0 Å². The van der Waals surface area contributed by atoms with Crippen LogP contribution in [0.4, 0.5) is 4.79 Å². The fraction of sp³-hybridized carbons (Fsp3) is 0.588. The van der Waals surface area contributed by atoms with Gasteiger partial charge in [-0.25, -0.2) is 4.79 Å². The molecule has 5 heteroatoms. The molecule has 0 aromatic heterocycles. The van der Waals surface area contributed by atoms with Crippen molar-refractivity contribution in [3.63, 3.8) is 0 Å². The topological polar surface area (TPSA) is 35.6 Å². The summed E-state index contributed by atoms with van der Waals surface area (Å²) in [5.74, 6) is 0. The number of hydrogen-bond acceptors (Lipinski definition) is 3. The van der Waals surface area contributed by atoms with Gasteiger partial charge in [0.1, 0.15) is 0 Å². The summed E-state index contributed by atoms with van der Waals surface area (Å²) in [6.07, 6.45) is 4.31. The first-order chi connectivity index (χ1) is 10.6. The Balaban J connectivity index is 1.86. The number of carbonyl (C=O) groups is 1. The average molecular weight is 321 g/mol. The lowest BCUT2D eigenvalue weighted by Crippen LogP contribution is -2.50. The monoisotopic (exact) mass is 321 g/mol. The number of carbonyl (C=O) groups excluding carboxylic acids is 1. The average Bonchev–Trinajstić information content (AvgIpc) is 2.55. The summed E-state index contributed by atoms with van der Waals surface area (Å²) in [7, 11) is 1.86. The van der Waals surface area contributed by atoms with Crippen molar-refractivity contribution in [2.75, 3.05) is 32.9 Å². The molecule has 1 N–H and O–H groups in total. The molecule has 0 bridgehead atoms. The van der Waals surface area contributed by atoms with Gasteiger partial charge in [0.15, 0.2) is 0 Å². The zero-order valence-electron chi connectivity index (χ0n) is 13.8. The second kappa shape index (κ2) is 8.44. The van der Waals surface area contributed by atoms with Crippen LogP contribution in [0.25, 0.3) is 0 Å². The van der Waals surface area contributed by atoms with Crippen LogP contribution in [-0.2, 0) is 6.54 Å². The van der Waals surface area contributed by atoms with E-state index in [0.717, 1.165) is 32.5 Å². The third-order valence-corrected chi connectivity index (χ3v) is 4.91. The summed E-state index contributed by atoms with van der Waals surface area (Å²) in [6.45, 7) is 6.00. The summed E-state index contributed by atoms with van der Waals surface area (Å²) in [6, 6.07) is 8.67. The van der Waals surface area contributed by atoms with Crippen molar-refractivity contribution in [1.82, 2.24) is 15.1 Å². The molecule has 4 nitrogen and oxygen atoms in total. The maximum absolute atomic E-state index is 12.4. The van der Waals surface area contributed by atoms with E-state index in [-0.39, 0.29) is 12.1 Å². The predicted molar refractivity (Wildman–Crippen MR) is 93.4 cm³/mol. The Morgan fingerprint density at radius 2 is 2.32 bits per heavy atom. The summed E-state index contributed by atoms with van der Waals surface area (Å²) in [4.78, 5) is 17.8. The van der Waals surface area contributed by atoms with Crippen molar-refractivity contribution in [2.24, 2.45) is 0 Å². The van der Waals surface area contributed by atoms with Gasteiger partial charge in [0.05, 0.1) is 0 Å². The van der Waals surface area contributed by atoms with Crippen LogP contribution in [0.15, 0.2) is 29.2 Å². The minimum Gasteiger partial charge on any atom is -0.334 e. The first-order valence-corrected chi connectivity index (χ1v) is 9.21. The normalized spacial score (nSPS) is 19.0. The van der Waals surface area contributed by atoms with Gasteiger partial charge in [-0.2, -0.15) is 0 Å². The van der Waals surface area contributed by atoms with E-state index in [0.29, 0.717) is 6.54 Å². The number of likely N-dealkylation sites (tertiary alicyclic amines) is 1. The first-order valence-electron chi connectivity index (χ1n) is 7.99. The molecule has 1 aliphatic heterocycles. The molecule has 2 amide bonds. The van der Waals surface area contributed by atoms with Crippen LogP contribution in [0.2, 0.25) is 0 Å². The highest BCUT2D eigenvalue weighted by molar-refractivity contribution is 7.98. The van der Waals surface area contributed by atoms with Gasteiger partial charge in [-0.3, -0.25) is 0 Å². The molecule has 1 atom stereocenters. The van der Waals surface area contributed by atoms with Crippen LogP contribution in [0, 0.1) is 0 Å². The first kappa shape index (κ1) is 17.2. The fourth-order valence-electron chi connectivity index (χ4n) is 2.86. The minimum absolute atomic E-state index is 0.0255. The van der Waals surface area contributed by atoms with Gasteiger partial charge in [0.2, 0.25) is 0 Å². The Morgan fingerprint density at radius 1 is 1.50 bits per heavy atom. The zero-order valence-corrected chi connectivity index (χ0v) is 14.7. The summed E-state index contributed by atoms with van der Waals surface area (Å²) in [5.41, 5.74) is 1.17. The number of likely N-dealkylation sites (N-methyl/N-ethyl adjacent to an activating group) is 1. The fourth-order valence-corrected chi connectivity index (χ4v) is 3.35. The second-order valence-corrected chi connectivity index (χ2v) is 6.77. The molecular weight excluding hydrogens is 294 g/mol.